The molecule has 84 valence electrons. The molecule has 0 aliphatic heterocycles. The molecule has 0 N–H and O–H groups in total. The van der Waals surface area contributed by atoms with Crippen LogP contribution >= 0.6 is 11.6 Å². The first-order chi connectivity index (χ1) is 7.69. The average molecular weight is 237 g/mol. The van der Waals surface area contributed by atoms with Gasteiger partial charge in [0.05, 0.1) is 12.7 Å². The Hall–Kier alpha value is -1.46. The third-order valence-electron chi connectivity index (χ3n) is 2.12. The van der Waals surface area contributed by atoms with Crippen molar-refractivity contribution in [2.75, 3.05) is 7.11 Å². The highest BCUT2D eigenvalue weighted by Gasteiger charge is 2.11. The fraction of sp³-hybridized carbons (Fsp3) is 0.308. The Morgan fingerprint density at radius 2 is 2.25 bits per heavy atom. The summed E-state index contributed by atoms with van der Waals surface area (Å²) in [6.07, 6.45) is 0.947. The average Bonchev–Trinajstić information content (AvgIpc) is 2.29. The molecule has 1 aromatic rings. The third-order valence-corrected chi connectivity index (χ3v) is 2.35. The van der Waals surface area contributed by atoms with Gasteiger partial charge >= 0.3 is 0 Å². The Labute approximate surface area is 101 Å². The summed E-state index contributed by atoms with van der Waals surface area (Å²) in [6.45, 7) is 1.75. The Kier molecular flexibility index (Phi) is 4.88. The summed E-state index contributed by atoms with van der Waals surface area (Å²) in [4.78, 5) is 11.8. The Bertz CT molecular complexity index is 441. The van der Waals surface area contributed by atoms with E-state index in [1.807, 2.05) is 0 Å². The third kappa shape index (κ3) is 3.29. The topological polar surface area (TPSA) is 26.3 Å². The van der Waals surface area contributed by atoms with E-state index in [9.17, 15) is 4.79 Å². The highest BCUT2D eigenvalue weighted by molar-refractivity contribution is 6.31. The van der Waals surface area contributed by atoms with Gasteiger partial charge in [-0.2, -0.15) is 0 Å². The molecule has 0 saturated carbocycles. The zero-order chi connectivity index (χ0) is 12.0. The largest absolute Gasteiger partial charge is 0.496 e. The molecule has 0 spiro atoms. The molecule has 0 unspecified atom stereocenters. The number of methoxy groups -OCH3 is 1. The van der Waals surface area contributed by atoms with Crippen molar-refractivity contribution in [3.63, 3.8) is 0 Å². The lowest BCUT2D eigenvalue weighted by Crippen LogP contribution is -2.01. The lowest BCUT2D eigenvalue weighted by Gasteiger charge is -2.06. The Balaban J connectivity index is 2.87. The highest BCUT2D eigenvalue weighted by atomic mass is 35.5. The van der Waals surface area contributed by atoms with Crippen LogP contribution in [0.2, 0.25) is 5.02 Å². The first-order valence-corrected chi connectivity index (χ1v) is 5.33. The van der Waals surface area contributed by atoms with Gasteiger partial charge in [0.1, 0.15) is 5.75 Å². The zero-order valence-electron chi connectivity index (χ0n) is 9.34. The number of carbonyl (C=O) groups is 1. The zero-order valence-corrected chi connectivity index (χ0v) is 10.1. The van der Waals surface area contributed by atoms with E-state index in [2.05, 4.69) is 11.8 Å². The van der Waals surface area contributed by atoms with Crippen LogP contribution in [0.1, 0.15) is 30.1 Å². The number of hydrogen-bond donors (Lipinski definition) is 0. The van der Waals surface area contributed by atoms with E-state index < -0.39 is 0 Å². The van der Waals surface area contributed by atoms with Crippen LogP contribution < -0.4 is 4.74 Å². The predicted molar refractivity (Wildman–Crippen MR) is 65.0 cm³/mol. The standard InChI is InChI=1S/C13H13ClO2/c1-3-4-5-6-12(15)11-9-10(14)7-8-13(11)16-2/h7-9H,5-6H2,1-2H3. The van der Waals surface area contributed by atoms with Crippen molar-refractivity contribution in [1.29, 1.82) is 0 Å². The van der Waals surface area contributed by atoms with Crippen molar-refractivity contribution in [2.24, 2.45) is 0 Å². The van der Waals surface area contributed by atoms with Crippen molar-refractivity contribution < 1.29 is 9.53 Å². The molecule has 0 aliphatic carbocycles. The maximum atomic E-state index is 11.8. The second-order valence-corrected chi connectivity index (χ2v) is 3.63. The van der Waals surface area contributed by atoms with E-state index in [0.29, 0.717) is 29.2 Å². The van der Waals surface area contributed by atoms with Gasteiger partial charge < -0.3 is 4.74 Å². The minimum Gasteiger partial charge on any atom is -0.496 e. The summed E-state index contributed by atoms with van der Waals surface area (Å²) >= 11 is 5.84. The molecule has 2 nitrogen and oxygen atoms in total. The quantitative estimate of drug-likeness (QED) is 0.592. The number of benzene rings is 1. The van der Waals surface area contributed by atoms with Crippen LogP contribution in [0.5, 0.6) is 5.75 Å². The first kappa shape index (κ1) is 12.6. The highest BCUT2D eigenvalue weighted by Crippen LogP contribution is 2.24. The minimum absolute atomic E-state index is 0.00194. The molecule has 0 aliphatic rings. The van der Waals surface area contributed by atoms with Gasteiger partial charge in [-0.15, -0.1) is 11.8 Å². The molecule has 0 atom stereocenters. The summed E-state index contributed by atoms with van der Waals surface area (Å²) < 4.78 is 5.11. The lowest BCUT2D eigenvalue weighted by atomic mass is 10.1. The van der Waals surface area contributed by atoms with Crippen LogP contribution in [0.25, 0.3) is 0 Å². The number of carbonyl (C=O) groups excluding carboxylic acids is 1. The van der Waals surface area contributed by atoms with Crippen LogP contribution in [0.15, 0.2) is 18.2 Å². The summed E-state index contributed by atoms with van der Waals surface area (Å²) in [5.74, 6) is 6.17. The fourth-order valence-corrected chi connectivity index (χ4v) is 1.51. The Morgan fingerprint density at radius 3 is 2.88 bits per heavy atom. The number of rotatable bonds is 4. The number of ether oxygens (including phenoxy) is 1. The van der Waals surface area contributed by atoms with Crippen molar-refractivity contribution >= 4 is 17.4 Å². The van der Waals surface area contributed by atoms with E-state index in [1.54, 1.807) is 25.1 Å². The van der Waals surface area contributed by atoms with Crippen molar-refractivity contribution in [3.8, 4) is 17.6 Å². The van der Waals surface area contributed by atoms with E-state index >= 15 is 0 Å². The fourth-order valence-electron chi connectivity index (χ4n) is 1.33. The molecular weight excluding hydrogens is 224 g/mol. The van der Waals surface area contributed by atoms with E-state index in [0.717, 1.165) is 0 Å². The molecule has 3 heteroatoms. The van der Waals surface area contributed by atoms with Crippen LogP contribution in [0.4, 0.5) is 0 Å². The van der Waals surface area contributed by atoms with Crippen LogP contribution in [0, 0.1) is 11.8 Å². The van der Waals surface area contributed by atoms with Crippen molar-refractivity contribution in [2.45, 2.75) is 19.8 Å². The summed E-state index contributed by atoms with van der Waals surface area (Å²) in [7, 11) is 1.53. The van der Waals surface area contributed by atoms with Gasteiger partial charge in [0.2, 0.25) is 0 Å². The van der Waals surface area contributed by atoms with Crippen LogP contribution in [-0.2, 0) is 0 Å². The normalized spacial score (nSPS) is 9.19. The maximum Gasteiger partial charge on any atom is 0.167 e. The van der Waals surface area contributed by atoms with Gasteiger partial charge in [0.15, 0.2) is 5.78 Å². The summed E-state index contributed by atoms with van der Waals surface area (Å²) in [5, 5.41) is 0.533. The number of hydrogen-bond acceptors (Lipinski definition) is 2. The van der Waals surface area contributed by atoms with E-state index in [-0.39, 0.29) is 5.78 Å². The first-order valence-electron chi connectivity index (χ1n) is 4.95. The van der Waals surface area contributed by atoms with Gasteiger partial charge in [-0.05, 0) is 25.1 Å². The molecule has 0 aromatic heterocycles. The van der Waals surface area contributed by atoms with Gasteiger partial charge in [-0.1, -0.05) is 11.6 Å². The molecule has 0 fully saturated rings. The molecule has 1 rings (SSSR count). The number of Topliss-reactive ketones (excluding diaryl/α,β-unsaturated/α-hetero) is 1. The molecule has 0 bridgehead atoms. The van der Waals surface area contributed by atoms with Crippen molar-refractivity contribution in [3.05, 3.63) is 28.8 Å². The smallest absolute Gasteiger partial charge is 0.167 e. The molecule has 0 amide bonds. The van der Waals surface area contributed by atoms with Gasteiger partial charge in [0, 0.05) is 17.9 Å². The number of ketones is 1. The van der Waals surface area contributed by atoms with Crippen LogP contribution in [0.3, 0.4) is 0 Å². The maximum absolute atomic E-state index is 11.8. The molecule has 0 saturated heterocycles. The van der Waals surface area contributed by atoms with Gasteiger partial charge in [-0.3, -0.25) is 4.79 Å². The second kappa shape index (κ2) is 6.19. The van der Waals surface area contributed by atoms with Crippen molar-refractivity contribution in [1.82, 2.24) is 0 Å². The van der Waals surface area contributed by atoms with Gasteiger partial charge in [-0.25, -0.2) is 0 Å². The molecular formula is C13H13ClO2. The Morgan fingerprint density at radius 1 is 1.50 bits per heavy atom. The predicted octanol–water partition coefficient (Wildman–Crippen LogP) is 3.33. The lowest BCUT2D eigenvalue weighted by molar-refractivity contribution is 0.0981. The van der Waals surface area contributed by atoms with Crippen LogP contribution in [-0.4, -0.2) is 12.9 Å². The van der Waals surface area contributed by atoms with E-state index in [4.69, 9.17) is 16.3 Å². The monoisotopic (exact) mass is 236 g/mol. The minimum atomic E-state index is 0.00194. The van der Waals surface area contributed by atoms with Gasteiger partial charge in [0.25, 0.3) is 0 Å². The molecule has 16 heavy (non-hydrogen) atoms. The molecule has 0 heterocycles. The second-order valence-electron chi connectivity index (χ2n) is 3.19. The van der Waals surface area contributed by atoms with E-state index in [1.165, 1.54) is 7.11 Å². The summed E-state index contributed by atoms with van der Waals surface area (Å²) in [5.41, 5.74) is 0.521. The summed E-state index contributed by atoms with van der Waals surface area (Å²) in [6, 6.07) is 5.02. The molecule has 0 radical (unpaired) electrons. The SMILES string of the molecule is CC#CCCC(=O)c1cc(Cl)ccc1OC. The molecule has 1 aromatic carbocycles. The number of halogens is 1.